The summed E-state index contributed by atoms with van der Waals surface area (Å²) in [4.78, 5) is 27.3. The zero-order valence-corrected chi connectivity index (χ0v) is 12.5. The molecule has 106 valence electrons. The van der Waals surface area contributed by atoms with Crippen LogP contribution in [0.5, 0.6) is 0 Å². The van der Waals surface area contributed by atoms with E-state index in [1.54, 1.807) is 7.05 Å². The van der Waals surface area contributed by atoms with Crippen molar-refractivity contribution in [3.8, 4) is 0 Å². The third-order valence-electron chi connectivity index (χ3n) is 2.53. The Hall–Kier alpha value is -1.89. The lowest BCUT2D eigenvalue weighted by atomic mass is 10.2. The fraction of sp³-hybridized carbons (Fsp3) is 0.385. The number of nitrogens with one attached hydrogen (secondary N) is 2. The van der Waals surface area contributed by atoms with Crippen LogP contribution in [0.25, 0.3) is 0 Å². The number of hydrogen-bond acceptors (Lipinski definition) is 6. The Kier molecular flexibility index (Phi) is 4.73. The number of H-pyrrole nitrogens is 1. The minimum absolute atomic E-state index is 0.134. The molecule has 2 rings (SSSR count). The average Bonchev–Trinajstić information content (AvgIpc) is 2.37. The van der Waals surface area contributed by atoms with Crippen molar-refractivity contribution in [2.45, 2.75) is 36.9 Å². The van der Waals surface area contributed by atoms with Gasteiger partial charge in [0.1, 0.15) is 5.03 Å². The van der Waals surface area contributed by atoms with E-state index in [1.807, 2.05) is 13.0 Å². The zero-order chi connectivity index (χ0) is 14.5. The molecule has 0 aliphatic carbocycles. The summed E-state index contributed by atoms with van der Waals surface area (Å²) in [7, 11) is 1.77. The molecular weight excluding hydrogens is 274 g/mol. The van der Waals surface area contributed by atoms with Crippen LogP contribution in [0.1, 0.15) is 24.7 Å². The van der Waals surface area contributed by atoms with Crippen molar-refractivity contribution in [2.75, 3.05) is 12.4 Å². The lowest BCUT2D eigenvalue weighted by Gasteiger charge is -2.05. The van der Waals surface area contributed by atoms with Gasteiger partial charge in [0.05, 0.1) is 0 Å². The highest BCUT2D eigenvalue weighted by molar-refractivity contribution is 7.99. The van der Waals surface area contributed by atoms with E-state index < -0.39 is 0 Å². The van der Waals surface area contributed by atoms with E-state index in [-0.39, 0.29) is 5.56 Å². The summed E-state index contributed by atoms with van der Waals surface area (Å²) in [5, 5.41) is 4.21. The van der Waals surface area contributed by atoms with E-state index in [4.69, 9.17) is 0 Å². The van der Waals surface area contributed by atoms with Crippen molar-refractivity contribution in [3.05, 3.63) is 33.9 Å². The fourth-order valence-electron chi connectivity index (χ4n) is 1.72. The van der Waals surface area contributed by atoms with Gasteiger partial charge in [-0.15, -0.1) is 0 Å². The maximum atomic E-state index is 11.6. The van der Waals surface area contributed by atoms with Crippen LogP contribution in [0, 0.1) is 6.92 Å². The van der Waals surface area contributed by atoms with Crippen LogP contribution in [0.2, 0.25) is 0 Å². The monoisotopic (exact) mass is 291 g/mol. The molecule has 0 unspecified atom stereocenters. The molecular formula is C13H17N5OS. The minimum atomic E-state index is -0.134. The number of nitrogens with zero attached hydrogens (tertiary/aromatic N) is 3. The first kappa shape index (κ1) is 14.5. The van der Waals surface area contributed by atoms with Crippen LogP contribution < -0.4 is 10.9 Å². The SMILES string of the molecule is CCCc1cc(=O)[nH]c(Sc2cc(C)nc(NC)n2)n1. The summed E-state index contributed by atoms with van der Waals surface area (Å²) in [6, 6.07) is 3.40. The second-order valence-corrected chi connectivity index (χ2v) is 5.32. The van der Waals surface area contributed by atoms with Gasteiger partial charge >= 0.3 is 0 Å². The molecule has 0 bridgehead atoms. The third-order valence-corrected chi connectivity index (χ3v) is 3.34. The Morgan fingerprint density at radius 2 is 2.10 bits per heavy atom. The molecule has 0 radical (unpaired) electrons. The van der Waals surface area contributed by atoms with Crippen molar-refractivity contribution >= 4 is 17.7 Å². The molecule has 0 aliphatic heterocycles. The molecule has 2 heterocycles. The van der Waals surface area contributed by atoms with Gasteiger partial charge in [-0.3, -0.25) is 4.79 Å². The topological polar surface area (TPSA) is 83.6 Å². The highest BCUT2D eigenvalue weighted by Crippen LogP contribution is 2.23. The van der Waals surface area contributed by atoms with Gasteiger partial charge < -0.3 is 10.3 Å². The van der Waals surface area contributed by atoms with Crippen molar-refractivity contribution < 1.29 is 0 Å². The summed E-state index contributed by atoms with van der Waals surface area (Å²) < 4.78 is 0. The Balaban J connectivity index is 2.29. The molecule has 7 heteroatoms. The molecule has 2 aromatic heterocycles. The van der Waals surface area contributed by atoms with Gasteiger partial charge in [0.15, 0.2) is 5.16 Å². The molecule has 0 saturated heterocycles. The Bertz CT molecular complexity index is 655. The molecule has 0 fully saturated rings. The quantitative estimate of drug-likeness (QED) is 0.647. The van der Waals surface area contributed by atoms with Crippen LogP contribution in [-0.4, -0.2) is 27.0 Å². The molecule has 0 spiro atoms. The lowest BCUT2D eigenvalue weighted by Crippen LogP contribution is -2.10. The van der Waals surface area contributed by atoms with E-state index in [9.17, 15) is 4.79 Å². The fourth-order valence-corrected chi connectivity index (χ4v) is 2.59. The third kappa shape index (κ3) is 3.80. The lowest BCUT2D eigenvalue weighted by molar-refractivity contribution is 0.814. The Labute approximate surface area is 121 Å². The van der Waals surface area contributed by atoms with E-state index in [2.05, 4.69) is 32.2 Å². The summed E-state index contributed by atoms with van der Waals surface area (Å²) in [5.74, 6) is 0.555. The predicted octanol–water partition coefficient (Wildman–Crippen LogP) is 2.01. The van der Waals surface area contributed by atoms with Crippen LogP contribution in [0.4, 0.5) is 5.95 Å². The number of aromatic nitrogens is 4. The largest absolute Gasteiger partial charge is 0.357 e. The number of hydrogen-bond donors (Lipinski definition) is 2. The first-order valence-corrected chi connectivity index (χ1v) is 7.24. The standard InChI is InChI=1S/C13H17N5OS/c1-4-5-9-7-10(19)17-13(16-9)20-11-6-8(2)15-12(14-3)18-11/h6-7H,4-5H2,1-3H3,(H,14,15,18)(H,16,17,19). The Morgan fingerprint density at radius 3 is 2.80 bits per heavy atom. The van der Waals surface area contributed by atoms with E-state index in [0.29, 0.717) is 11.1 Å². The van der Waals surface area contributed by atoms with Crippen molar-refractivity contribution in [1.29, 1.82) is 0 Å². The molecule has 2 aromatic rings. The molecule has 0 saturated carbocycles. The van der Waals surface area contributed by atoms with Crippen LogP contribution in [0.3, 0.4) is 0 Å². The van der Waals surface area contributed by atoms with Gasteiger partial charge in [-0.1, -0.05) is 13.3 Å². The first-order chi connectivity index (χ1) is 9.60. The second-order valence-electron chi connectivity index (χ2n) is 4.32. The smallest absolute Gasteiger partial charge is 0.251 e. The van der Waals surface area contributed by atoms with Gasteiger partial charge in [0.2, 0.25) is 5.95 Å². The van der Waals surface area contributed by atoms with Crippen molar-refractivity contribution in [1.82, 2.24) is 19.9 Å². The minimum Gasteiger partial charge on any atom is -0.357 e. The summed E-state index contributed by atoms with van der Waals surface area (Å²) in [6.07, 6.45) is 1.75. The second kappa shape index (κ2) is 6.51. The molecule has 0 amide bonds. The number of aromatic amines is 1. The normalized spacial score (nSPS) is 10.6. The maximum absolute atomic E-state index is 11.6. The van der Waals surface area contributed by atoms with Gasteiger partial charge in [0.25, 0.3) is 5.56 Å². The molecule has 0 aliphatic rings. The molecule has 2 N–H and O–H groups in total. The number of rotatable bonds is 5. The highest BCUT2D eigenvalue weighted by Gasteiger charge is 2.07. The van der Waals surface area contributed by atoms with Gasteiger partial charge in [0, 0.05) is 24.5 Å². The van der Waals surface area contributed by atoms with E-state index in [0.717, 1.165) is 29.3 Å². The predicted molar refractivity (Wildman–Crippen MR) is 79.3 cm³/mol. The first-order valence-electron chi connectivity index (χ1n) is 6.42. The van der Waals surface area contributed by atoms with Crippen molar-refractivity contribution in [2.24, 2.45) is 0 Å². The van der Waals surface area contributed by atoms with E-state index >= 15 is 0 Å². The molecule has 20 heavy (non-hydrogen) atoms. The Morgan fingerprint density at radius 1 is 1.30 bits per heavy atom. The van der Waals surface area contributed by atoms with Crippen LogP contribution in [0.15, 0.2) is 27.1 Å². The van der Waals surface area contributed by atoms with Gasteiger partial charge in [-0.25, -0.2) is 15.0 Å². The highest BCUT2D eigenvalue weighted by atomic mass is 32.2. The summed E-state index contributed by atoms with van der Waals surface area (Å²) in [5.41, 5.74) is 1.53. The van der Waals surface area contributed by atoms with Crippen molar-refractivity contribution in [3.63, 3.8) is 0 Å². The zero-order valence-electron chi connectivity index (χ0n) is 11.7. The summed E-state index contributed by atoms with van der Waals surface area (Å²) in [6.45, 7) is 3.96. The van der Waals surface area contributed by atoms with Crippen LogP contribution >= 0.6 is 11.8 Å². The van der Waals surface area contributed by atoms with E-state index in [1.165, 1.54) is 17.8 Å². The number of aryl methyl sites for hydroxylation is 2. The van der Waals surface area contributed by atoms with Gasteiger partial charge in [-0.2, -0.15) is 0 Å². The molecule has 6 nitrogen and oxygen atoms in total. The maximum Gasteiger partial charge on any atom is 0.251 e. The molecule has 0 atom stereocenters. The number of anilines is 1. The molecule has 0 aromatic carbocycles. The van der Waals surface area contributed by atoms with Crippen LogP contribution in [-0.2, 0) is 6.42 Å². The van der Waals surface area contributed by atoms with Gasteiger partial charge in [-0.05, 0) is 31.2 Å². The average molecular weight is 291 g/mol. The summed E-state index contributed by atoms with van der Waals surface area (Å²) >= 11 is 1.33.